The number of benzene rings is 2. The third-order valence-corrected chi connectivity index (χ3v) is 4.50. The van der Waals surface area contributed by atoms with Crippen LogP contribution < -0.4 is 10.9 Å². The Morgan fingerprint density at radius 2 is 1.90 bits per heavy atom. The number of unbranched alkanes of at least 4 members (excludes halogenated alkanes) is 1. The lowest BCUT2D eigenvalue weighted by Crippen LogP contribution is -2.25. The highest BCUT2D eigenvalue weighted by Crippen LogP contribution is 2.20. The van der Waals surface area contributed by atoms with Crippen LogP contribution in [0.4, 0.5) is 5.69 Å². The molecule has 0 saturated carbocycles. The molecule has 3 aromatic rings. The molecule has 0 spiro atoms. The zero-order valence-electron chi connectivity index (χ0n) is 17.3. The van der Waals surface area contributed by atoms with Gasteiger partial charge in [0.05, 0.1) is 23.5 Å². The maximum absolute atomic E-state index is 12.8. The molecule has 8 heteroatoms. The molecule has 31 heavy (non-hydrogen) atoms. The number of aromatic nitrogens is 2. The highest BCUT2D eigenvalue weighted by Gasteiger charge is 2.20. The van der Waals surface area contributed by atoms with Gasteiger partial charge in [0.1, 0.15) is 0 Å². The summed E-state index contributed by atoms with van der Waals surface area (Å²) in [6.07, 6.45) is 1.62. The van der Waals surface area contributed by atoms with Crippen molar-refractivity contribution in [2.24, 2.45) is 0 Å². The van der Waals surface area contributed by atoms with E-state index in [1.807, 2.05) is 19.9 Å². The van der Waals surface area contributed by atoms with Crippen molar-refractivity contribution in [2.45, 2.75) is 26.7 Å². The number of carbonyl (C=O) groups excluding carboxylic acids is 2. The second-order valence-corrected chi connectivity index (χ2v) is 6.96. The highest BCUT2D eigenvalue weighted by molar-refractivity contribution is 6.08. The Hall–Kier alpha value is -3.94. The molecule has 0 bridgehead atoms. The van der Waals surface area contributed by atoms with Crippen LogP contribution in [-0.4, -0.2) is 33.4 Å². The predicted octanol–water partition coefficient (Wildman–Crippen LogP) is 3.46. The molecule has 8 nitrogen and oxygen atoms in total. The Kier molecular flexibility index (Phi) is 6.81. The first-order valence-corrected chi connectivity index (χ1v) is 9.88. The maximum Gasteiger partial charge on any atom is 0.340 e. The van der Waals surface area contributed by atoms with Crippen LogP contribution in [-0.2, 0) is 4.74 Å². The number of aryl methyl sites for hydroxylation is 1. The van der Waals surface area contributed by atoms with Gasteiger partial charge in [0, 0.05) is 6.07 Å². The minimum absolute atomic E-state index is 0.179. The van der Waals surface area contributed by atoms with Crippen LogP contribution in [0.3, 0.4) is 0 Å². The second kappa shape index (κ2) is 9.71. The number of aromatic hydroxyl groups is 1. The zero-order chi connectivity index (χ0) is 22.4. The third kappa shape index (κ3) is 5.16. The fourth-order valence-corrected chi connectivity index (χ4v) is 2.89. The van der Waals surface area contributed by atoms with Crippen LogP contribution in [0.5, 0.6) is 5.75 Å². The molecule has 2 aromatic carbocycles. The van der Waals surface area contributed by atoms with Gasteiger partial charge < -0.3 is 15.2 Å². The Labute approximate surface area is 179 Å². The van der Waals surface area contributed by atoms with E-state index in [1.54, 1.807) is 36.4 Å². The number of nitrogens with zero attached hydrogens (tertiary/aromatic N) is 2. The predicted molar refractivity (Wildman–Crippen MR) is 116 cm³/mol. The van der Waals surface area contributed by atoms with Gasteiger partial charge in [-0.3, -0.25) is 9.59 Å². The minimum Gasteiger partial charge on any atom is -0.505 e. The van der Waals surface area contributed by atoms with E-state index < -0.39 is 23.2 Å². The SMILES string of the molecule is CCCCOC(=O)c1ccccc1NC(=O)c1nn(-c2cccc(C)c2)c(=O)cc1O. The Bertz CT molecular complexity index is 1170. The van der Waals surface area contributed by atoms with Gasteiger partial charge in [-0.1, -0.05) is 37.6 Å². The van der Waals surface area contributed by atoms with Crippen molar-refractivity contribution in [3.05, 3.63) is 81.8 Å². The van der Waals surface area contributed by atoms with Gasteiger partial charge in [0.25, 0.3) is 11.5 Å². The molecule has 0 atom stereocenters. The molecule has 2 N–H and O–H groups in total. The van der Waals surface area contributed by atoms with Gasteiger partial charge >= 0.3 is 5.97 Å². The van der Waals surface area contributed by atoms with Gasteiger partial charge in [-0.15, -0.1) is 0 Å². The standard InChI is InChI=1S/C23H23N3O5/c1-3-4-12-31-23(30)17-10-5-6-11-18(17)24-22(29)21-19(27)14-20(28)26(25-21)16-9-7-8-15(2)13-16/h5-11,13-14,27H,3-4,12H2,1-2H3,(H,24,29). The number of amides is 1. The van der Waals surface area contributed by atoms with E-state index in [2.05, 4.69) is 10.4 Å². The Morgan fingerprint density at radius 3 is 2.65 bits per heavy atom. The van der Waals surface area contributed by atoms with Crippen molar-refractivity contribution in [3.63, 3.8) is 0 Å². The molecule has 3 rings (SSSR count). The molecule has 0 saturated heterocycles. The van der Waals surface area contributed by atoms with E-state index in [0.717, 1.165) is 29.2 Å². The normalized spacial score (nSPS) is 10.5. The van der Waals surface area contributed by atoms with Crippen molar-refractivity contribution in [3.8, 4) is 11.4 Å². The molecule has 0 aliphatic rings. The van der Waals surface area contributed by atoms with Crippen LogP contribution in [0.15, 0.2) is 59.4 Å². The van der Waals surface area contributed by atoms with Crippen LogP contribution in [0.25, 0.3) is 5.69 Å². The minimum atomic E-state index is -0.771. The van der Waals surface area contributed by atoms with Gasteiger partial charge in [-0.2, -0.15) is 9.78 Å². The average molecular weight is 421 g/mol. The number of hydrogen-bond acceptors (Lipinski definition) is 6. The first-order valence-electron chi connectivity index (χ1n) is 9.88. The van der Waals surface area contributed by atoms with E-state index in [0.29, 0.717) is 5.69 Å². The molecule has 160 valence electrons. The van der Waals surface area contributed by atoms with Gasteiger partial charge in [0.15, 0.2) is 11.4 Å². The topological polar surface area (TPSA) is 111 Å². The molecule has 1 amide bonds. The van der Waals surface area contributed by atoms with Crippen molar-refractivity contribution < 1.29 is 19.4 Å². The molecular formula is C23H23N3O5. The third-order valence-electron chi connectivity index (χ3n) is 4.50. The summed E-state index contributed by atoms with van der Waals surface area (Å²) in [6, 6.07) is 14.3. The maximum atomic E-state index is 12.8. The van der Waals surface area contributed by atoms with E-state index >= 15 is 0 Å². The first-order chi connectivity index (χ1) is 14.9. The van der Waals surface area contributed by atoms with E-state index in [9.17, 15) is 19.5 Å². The Morgan fingerprint density at radius 1 is 1.13 bits per heavy atom. The lowest BCUT2D eigenvalue weighted by molar-refractivity contribution is 0.0501. The van der Waals surface area contributed by atoms with E-state index in [-0.39, 0.29) is 23.6 Å². The average Bonchev–Trinajstić information content (AvgIpc) is 2.74. The van der Waals surface area contributed by atoms with Crippen LogP contribution in [0.1, 0.15) is 46.2 Å². The summed E-state index contributed by atoms with van der Waals surface area (Å²) in [5, 5.41) is 16.8. The summed E-state index contributed by atoms with van der Waals surface area (Å²) in [5.74, 6) is -1.90. The monoisotopic (exact) mass is 421 g/mol. The fourth-order valence-electron chi connectivity index (χ4n) is 2.89. The lowest BCUT2D eigenvalue weighted by Gasteiger charge is -2.12. The van der Waals surface area contributed by atoms with Crippen LogP contribution >= 0.6 is 0 Å². The number of rotatable bonds is 7. The number of hydrogen-bond donors (Lipinski definition) is 2. The summed E-state index contributed by atoms with van der Waals surface area (Å²) in [6.45, 7) is 4.12. The molecule has 0 aliphatic heterocycles. The number of anilines is 1. The summed E-state index contributed by atoms with van der Waals surface area (Å²) >= 11 is 0. The second-order valence-electron chi connectivity index (χ2n) is 6.96. The summed E-state index contributed by atoms with van der Waals surface area (Å²) in [7, 11) is 0. The number of ether oxygens (including phenoxy) is 1. The van der Waals surface area contributed by atoms with Crippen molar-refractivity contribution in [1.82, 2.24) is 9.78 Å². The quantitative estimate of drug-likeness (QED) is 0.447. The fraction of sp³-hybridized carbons (Fsp3) is 0.217. The van der Waals surface area contributed by atoms with Gasteiger partial charge in [-0.05, 0) is 43.2 Å². The van der Waals surface area contributed by atoms with Crippen molar-refractivity contribution in [2.75, 3.05) is 11.9 Å². The first kappa shape index (κ1) is 21.8. The van der Waals surface area contributed by atoms with Crippen molar-refractivity contribution in [1.29, 1.82) is 0 Å². The smallest absolute Gasteiger partial charge is 0.340 e. The highest BCUT2D eigenvalue weighted by atomic mass is 16.5. The summed E-state index contributed by atoms with van der Waals surface area (Å²) < 4.78 is 6.26. The Balaban J connectivity index is 1.90. The zero-order valence-corrected chi connectivity index (χ0v) is 17.3. The number of carbonyl (C=O) groups is 2. The van der Waals surface area contributed by atoms with Gasteiger partial charge in [0.2, 0.25) is 0 Å². The molecule has 0 radical (unpaired) electrons. The summed E-state index contributed by atoms with van der Waals surface area (Å²) in [5.41, 5.74) is 0.816. The molecule has 1 aromatic heterocycles. The van der Waals surface area contributed by atoms with Gasteiger partial charge in [-0.25, -0.2) is 4.79 Å². The number of para-hydroxylation sites is 1. The molecular weight excluding hydrogens is 398 g/mol. The van der Waals surface area contributed by atoms with Crippen LogP contribution in [0, 0.1) is 6.92 Å². The van der Waals surface area contributed by atoms with E-state index in [4.69, 9.17) is 4.74 Å². The molecule has 0 aliphatic carbocycles. The largest absolute Gasteiger partial charge is 0.505 e. The van der Waals surface area contributed by atoms with Crippen molar-refractivity contribution >= 4 is 17.6 Å². The lowest BCUT2D eigenvalue weighted by atomic mass is 10.1. The molecule has 0 unspecified atom stereocenters. The molecule has 0 fully saturated rings. The van der Waals surface area contributed by atoms with Crippen LogP contribution in [0.2, 0.25) is 0 Å². The number of nitrogens with one attached hydrogen (secondary N) is 1. The number of esters is 1. The van der Waals surface area contributed by atoms with E-state index in [1.165, 1.54) is 6.07 Å². The molecule has 1 heterocycles. The summed E-state index contributed by atoms with van der Waals surface area (Å²) in [4.78, 5) is 37.5.